The lowest BCUT2D eigenvalue weighted by atomic mass is 10.0. The van der Waals surface area contributed by atoms with E-state index in [0.29, 0.717) is 17.4 Å². The normalized spacial score (nSPS) is 21.6. The number of hydrogen-bond donors (Lipinski definition) is 2. The molecule has 0 saturated carbocycles. The van der Waals surface area contributed by atoms with Gasteiger partial charge >= 0.3 is 0 Å². The predicted octanol–water partition coefficient (Wildman–Crippen LogP) is 1.95. The number of nitrogens with one attached hydrogen (secondary N) is 2. The monoisotopic (exact) mass is 278 g/mol. The van der Waals surface area contributed by atoms with E-state index in [1.54, 1.807) is 20.3 Å². The molecule has 1 fully saturated rings. The molecular formula is C15H22N2O3. The molecular weight excluding hydrogens is 256 g/mol. The first kappa shape index (κ1) is 14.7. The molecule has 2 unspecified atom stereocenters. The zero-order valence-corrected chi connectivity index (χ0v) is 12.4. The van der Waals surface area contributed by atoms with Crippen LogP contribution in [0.15, 0.2) is 12.1 Å². The third kappa shape index (κ3) is 2.88. The molecule has 0 aromatic heterocycles. The van der Waals surface area contributed by atoms with Crippen molar-refractivity contribution < 1.29 is 14.3 Å². The van der Waals surface area contributed by atoms with Crippen molar-refractivity contribution in [3.63, 3.8) is 0 Å². The van der Waals surface area contributed by atoms with Gasteiger partial charge in [0.15, 0.2) is 11.5 Å². The molecule has 1 amide bonds. The van der Waals surface area contributed by atoms with Crippen LogP contribution in [0.5, 0.6) is 11.5 Å². The minimum absolute atomic E-state index is 0.00493. The Morgan fingerprint density at radius 3 is 2.50 bits per heavy atom. The van der Waals surface area contributed by atoms with Crippen LogP contribution in [-0.4, -0.2) is 32.7 Å². The first-order valence-electron chi connectivity index (χ1n) is 6.83. The van der Waals surface area contributed by atoms with Gasteiger partial charge in [-0.05, 0) is 37.4 Å². The maximum atomic E-state index is 12.3. The van der Waals surface area contributed by atoms with E-state index < -0.39 is 0 Å². The summed E-state index contributed by atoms with van der Waals surface area (Å²) in [6.07, 6.45) is 1.03. The largest absolute Gasteiger partial charge is 0.493 e. The fraction of sp³-hybridized carbons (Fsp3) is 0.533. The summed E-state index contributed by atoms with van der Waals surface area (Å²) in [5.41, 5.74) is 1.70. The third-order valence-corrected chi connectivity index (χ3v) is 3.80. The molecule has 1 aliphatic rings. The number of methoxy groups -OCH3 is 2. The summed E-state index contributed by atoms with van der Waals surface area (Å²) in [6.45, 7) is 4.92. The highest BCUT2D eigenvalue weighted by Gasteiger charge is 2.29. The van der Waals surface area contributed by atoms with Crippen LogP contribution in [0.1, 0.15) is 18.9 Å². The topological polar surface area (TPSA) is 59.6 Å². The van der Waals surface area contributed by atoms with Gasteiger partial charge in [-0.25, -0.2) is 0 Å². The molecule has 0 radical (unpaired) electrons. The Hall–Kier alpha value is -1.75. The fourth-order valence-electron chi connectivity index (χ4n) is 2.51. The fourth-order valence-corrected chi connectivity index (χ4v) is 2.51. The zero-order chi connectivity index (χ0) is 14.7. The lowest BCUT2D eigenvalue weighted by Gasteiger charge is -2.18. The van der Waals surface area contributed by atoms with Gasteiger partial charge < -0.3 is 20.1 Å². The maximum absolute atomic E-state index is 12.3. The van der Waals surface area contributed by atoms with E-state index in [4.69, 9.17) is 9.47 Å². The van der Waals surface area contributed by atoms with Crippen molar-refractivity contribution in [3.05, 3.63) is 17.7 Å². The van der Waals surface area contributed by atoms with Gasteiger partial charge in [-0.3, -0.25) is 4.79 Å². The molecule has 20 heavy (non-hydrogen) atoms. The van der Waals surface area contributed by atoms with E-state index in [1.807, 2.05) is 13.0 Å². The zero-order valence-electron chi connectivity index (χ0n) is 12.4. The highest BCUT2D eigenvalue weighted by molar-refractivity contribution is 5.96. The summed E-state index contributed by atoms with van der Waals surface area (Å²) < 4.78 is 10.5. The quantitative estimate of drug-likeness (QED) is 0.884. The second-order valence-electron chi connectivity index (χ2n) is 5.21. The van der Waals surface area contributed by atoms with E-state index >= 15 is 0 Å². The van der Waals surface area contributed by atoms with Crippen LogP contribution >= 0.6 is 0 Å². The highest BCUT2D eigenvalue weighted by Crippen LogP contribution is 2.33. The van der Waals surface area contributed by atoms with Crippen LogP contribution in [0.2, 0.25) is 0 Å². The molecule has 1 aromatic rings. The second-order valence-corrected chi connectivity index (χ2v) is 5.21. The summed E-state index contributed by atoms with van der Waals surface area (Å²) in [4.78, 5) is 12.3. The molecule has 0 aliphatic carbocycles. The SMILES string of the molecule is COc1cc(C)c(NC(=O)C2NCCC2C)cc1OC. The van der Waals surface area contributed by atoms with Crippen molar-refractivity contribution in [2.24, 2.45) is 5.92 Å². The summed E-state index contributed by atoms with van der Waals surface area (Å²) in [7, 11) is 3.18. The van der Waals surface area contributed by atoms with Crippen molar-refractivity contribution >= 4 is 11.6 Å². The standard InChI is InChI=1S/C15H22N2O3/c1-9-5-6-16-14(9)15(18)17-11-8-13(20-4)12(19-3)7-10(11)2/h7-9,14,16H,5-6H2,1-4H3,(H,17,18). The van der Waals surface area contributed by atoms with Gasteiger partial charge in [0, 0.05) is 11.8 Å². The van der Waals surface area contributed by atoms with Gasteiger partial charge in [-0.2, -0.15) is 0 Å². The van der Waals surface area contributed by atoms with Crippen molar-refractivity contribution in [2.45, 2.75) is 26.3 Å². The summed E-state index contributed by atoms with van der Waals surface area (Å²) in [6, 6.07) is 3.54. The molecule has 1 saturated heterocycles. The molecule has 1 aliphatic heterocycles. The summed E-state index contributed by atoms with van der Waals surface area (Å²) in [5, 5.41) is 6.20. The number of amides is 1. The van der Waals surface area contributed by atoms with Gasteiger partial charge in [0.25, 0.3) is 0 Å². The van der Waals surface area contributed by atoms with E-state index in [1.165, 1.54) is 0 Å². The average molecular weight is 278 g/mol. The smallest absolute Gasteiger partial charge is 0.241 e. The Morgan fingerprint density at radius 2 is 1.95 bits per heavy atom. The molecule has 0 spiro atoms. The number of carbonyl (C=O) groups excluding carboxylic acids is 1. The number of carbonyl (C=O) groups is 1. The van der Waals surface area contributed by atoms with Crippen molar-refractivity contribution in [3.8, 4) is 11.5 Å². The van der Waals surface area contributed by atoms with Crippen LogP contribution in [0.3, 0.4) is 0 Å². The molecule has 2 N–H and O–H groups in total. The molecule has 2 rings (SSSR count). The van der Waals surface area contributed by atoms with E-state index in [-0.39, 0.29) is 11.9 Å². The van der Waals surface area contributed by atoms with Crippen LogP contribution in [0, 0.1) is 12.8 Å². The maximum Gasteiger partial charge on any atom is 0.241 e. The Kier molecular flexibility index (Phi) is 4.49. The predicted molar refractivity (Wildman–Crippen MR) is 78.5 cm³/mol. The van der Waals surface area contributed by atoms with Crippen LogP contribution in [0.25, 0.3) is 0 Å². The second kappa shape index (κ2) is 6.13. The number of aryl methyl sites for hydroxylation is 1. The Morgan fingerprint density at radius 1 is 1.30 bits per heavy atom. The molecule has 1 heterocycles. The first-order chi connectivity index (χ1) is 9.56. The van der Waals surface area contributed by atoms with Crippen molar-refractivity contribution in [1.29, 1.82) is 0 Å². The first-order valence-corrected chi connectivity index (χ1v) is 6.83. The minimum Gasteiger partial charge on any atom is -0.493 e. The third-order valence-electron chi connectivity index (χ3n) is 3.80. The average Bonchev–Trinajstić information content (AvgIpc) is 2.86. The Labute approximate surface area is 119 Å². The molecule has 110 valence electrons. The summed E-state index contributed by atoms with van der Waals surface area (Å²) >= 11 is 0. The van der Waals surface area contributed by atoms with E-state index in [0.717, 1.165) is 24.2 Å². The van der Waals surface area contributed by atoms with E-state index in [9.17, 15) is 4.79 Å². The van der Waals surface area contributed by atoms with Gasteiger partial charge in [-0.1, -0.05) is 6.92 Å². The van der Waals surface area contributed by atoms with Crippen molar-refractivity contribution in [1.82, 2.24) is 5.32 Å². The number of benzene rings is 1. The minimum atomic E-state index is -0.123. The lowest BCUT2D eigenvalue weighted by Crippen LogP contribution is -2.39. The number of hydrogen-bond acceptors (Lipinski definition) is 4. The molecule has 1 aromatic carbocycles. The molecule has 0 bridgehead atoms. The number of ether oxygens (including phenoxy) is 2. The van der Waals surface area contributed by atoms with Crippen LogP contribution in [0.4, 0.5) is 5.69 Å². The van der Waals surface area contributed by atoms with Gasteiger partial charge in [0.05, 0.1) is 20.3 Å². The van der Waals surface area contributed by atoms with E-state index in [2.05, 4.69) is 17.6 Å². The van der Waals surface area contributed by atoms with Gasteiger partial charge in [-0.15, -0.1) is 0 Å². The Balaban J connectivity index is 2.18. The summed E-state index contributed by atoms with van der Waals surface area (Å²) in [5.74, 6) is 1.64. The van der Waals surface area contributed by atoms with Crippen LogP contribution < -0.4 is 20.1 Å². The highest BCUT2D eigenvalue weighted by atomic mass is 16.5. The number of rotatable bonds is 4. The number of anilines is 1. The van der Waals surface area contributed by atoms with Gasteiger partial charge in [0.2, 0.25) is 5.91 Å². The van der Waals surface area contributed by atoms with Gasteiger partial charge in [0.1, 0.15) is 0 Å². The van der Waals surface area contributed by atoms with Crippen LogP contribution in [-0.2, 0) is 4.79 Å². The molecule has 5 nitrogen and oxygen atoms in total. The Bertz CT molecular complexity index is 502. The lowest BCUT2D eigenvalue weighted by molar-refractivity contribution is -0.118. The van der Waals surface area contributed by atoms with Crippen molar-refractivity contribution in [2.75, 3.05) is 26.1 Å². The molecule has 2 atom stereocenters. The molecule has 5 heteroatoms.